The van der Waals surface area contributed by atoms with Crippen molar-refractivity contribution in [2.24, 2.45) is 0 Å². The van der Waals surface area contributed by atoms with Crippen molar-refractivity contribution < 1.29 is 9.59 Å². The van der Waals surface area contributed by atoms with E-state index in [0.29, 0.717) is 25.8 Å². The Morgan fingerprint density at radius 3 is 2.15 bits per heavy atom. The average Bonchev–Trinajstić information content (AvgIpc) is 2.95. The molecule has 3 aromatic rings. The highest BCUT2D eigenvalue weighted by atomic mass is 16.2. The molecule has 3 aromatic carbocycles. The quantitative estimate of drug-likeness (QED) is 0.294. The summed E-state index contributed by atoms with van der Waals surface area (Å²) in [6, 6.07) is 26.5. The molecule has 1 aliphatic carbocycles. The lowest BCUT2D eigenvalue weighted by Crippen LogP contribution is -2.53. The second kappa shape index (κ2) is 13.8. The first-order valence-corrected chi connectivity index (χ1v) is 15.0. The van der Waals surface area contributed by atoms with E-state index >= 15 is 0 Å². The van der Waals surface area contributed by atoms with Crippen molar-refractivity contribution in [3.05, 3.63) is 107 Å². The molecule has 0 radical (unpaired) electrons. The minimum Gasteiger partial charge on any atom is -0.352 e. The number of aryl methyl sites for hydroxylation is 2. The molecule has 0 unspecified atom stereocenters. The Balaban J connectivity index is 1.59. The smallest absolute Gasteiger partial charge is 0.243 e. The molecule has 0 aliphatic heterocycles. The molecule has 4 heteroatoms. The summed E-state index contributed by atoms with van der Waals surface area (Å²) in [6.07, 6.45) is 7.06. The van der Waals surface area contributed by atoms with Crippen molar-refractivity contribution in [3.63, 3.8) is 0 Å². The van der Waals surface area contributed by atoms with Gasteiger partial charge in [0, 0.05) is 25.4 Å². The van der Waals surface area contributed by atoms with Gasteiger partial charge >= 0.3 is 0 Å². The number of benzene rings is 3. The minimum atomic E-state index is -0.570. The summed E-state index contributed by atoms with van der Waals surface area (Å²) in [7, 11) is 0. The number of carbonyl (C=O) groups excluding carboxylic acids is 2. The second-order valence-corrected chi connectivity index (χ2v) is 12.4. The van der Waals surface area contributed by atoms with Gasteiger partial charge in [-0.2, -0.15) is 0 Å². The predicted octanol–water partition coefficient (Wildman–Crippen LogP) is 7.31. The zero-order valence-electron chi connectivity index (χ0n) is 24.8. The van der Waals surface area contributed by atoms with Crippen molar-refractivity contribution in [2.75, 3.05) is 0 Å². The van der Waals surface area contributed by atoms with Gasteiger partial charge in [0.05, 0.1) is 0 Å². The zero-order valence-corrected chi connectivity index (χ0v) is 24.8. The summed E-state index contributed by atoms with van der Waals surface area (Å²) in [5.41, 5.74) is 5.79. The summed E-state index contributed by atoms with van der Waals surface area (Å²) in [5.74, 6) is -0.0184. The van der Waals surface area contributed by atoms with Gasteiger partial charge in [-0.15, -0.1) is 0 Å². The van der Waals surface area contributed by atoms with Gasteiger partial charge in [0.1, 0.15) is 6.04 Å². The fraction of sp³-hybridized carbons (Fsp3) is 0.444. The maximum Gasteiger partial charge on any atom is 0.243 e. The molecule has 1 atom stereocenters. The molecule has 1 aliphatic rings. The van der Waals surface area contributed by atoms with Gasteiger partial charge in [0.25, 0.3) is 0 Å². The Labute approximate surface area is 241 Å². The van der Waals surface area contributed by atoms with Crippen LogP contribution in [0.3, 0.4) is 0 Å². The zero-order chi connectivity index (χ0) is 28.5. The number of carbonyl (C=O) groups is 2. The van der Waals surface area contributed by atoms with Crippen molar-refractivity contribution in [2.45, 2.75) is 103 Å². The maximum absolute atomic E-state index is 14.0. The number of nitrogens with zero attached hydrogens (tertiary/aromatic N) is 1. The lowest BCUT2D eigenvalue weighted by molar-refractivity contribution is -0.141. The molecule has 4 rings (SSSR count). The van der Waals surface area contributed by atoms with Gasteiger partial charge in [0.2, 0.25) is 11.8 Å². The molecule has 0 saturated heterocycles. The van der Waals surface area contributed by atoms with Crippen LogP contribution in [0.25, 0.3) is 0 Å². The van der Waals surface area contributed by atoms with Crippen LogP contribution >= 0.6 is 0 Å². The summed E-state index contributed by atoms with van der Waals surface area (Å²) < 4.78 is 0. The van der Waals surface area contributed by atoms with E-state index < -0.39 is 6.04 Å². The Hall–Kier alpha value is -3.40. The molecule has 212 valence electrons. The van der Waals surface area contributed by atoms with Crippen LogP contribution in [-0.4, -0.2) is 28.8 Å². The van der Waals surface area contributed by atoms with Crippen LogP contribution in [0.5, 0.6) is 0 Å². The van der Waals surface area contributed by atoms with Gasteiger partial charge in [-0.1, -0.05) is 119 Å². The van der Waals surface area contributed by atoms with Crippen molar-refractivity contribution in [1.29, 1.82) is 0 Å². The topological polar surface area (TPSA) is 49.4 Å². The lowest BCUT2D eigenvalue weighted by Gasteiger charge is -2.34. The molecule has 0 aromatic heterocycles. The fourth-order valence-corrected chi connectivity index (χ4v) is 5.64. The summed E-state index contributed by atoms with van der Waals surface area (Å²) in [5, 5.41) is 3.34. The maximum atomic E-state index is 14.0. The van der Waals surface area contributed by atoms with Crippen molar-refractivity contribution >= 4 is 11.8 Å². The van der Waals surface area contributed by atoms with E-state index in [-0.39, 0.29) is 23.3 Å². The summed E-state index contributed by atoms with van der Waals surface area (Å²) in [4.78, 5) is 29.8. The molecule has 1 N–H and O–H groups in total. The number of nitrogens with one attached hydrogen (secondary N) is 1. The van der Waals surface area contributed by atoms with Crippen molar-refractivity contribution in [3.8, 4) is 0 Å². The SMILES string of the molecule is Cc1ccccc1CN(C(=O)CCc1ccc(C(C)(C)C)cc1)[C@@H](Cc1ccccc1)C(=O)NC1CCCCC1. The van der Waals surface area contributed by atoms with Crippen LogP contribution in [0.4, 0.5) is 0 Å². The van der Waals surface area contributed by atoms with Crippen LogP contribution in [0.1, 0.15) is 87.1 Å². The van der Waals surface area contributed by atoms with E-state index in [2.05, 4.69) is 69.4 Å². The van der Waals surface area contributed by atoms with E-state index in [4.69, 9.17) is 0 Å². The van der Waals surface area contributed by atoms with Crippen LogP contribution in [0, 0.1) is 6.92 Å². The third-order valence-electron chi connectivity index (χ3n) is 8.27. The molecule has 40 heavy (non-hydrogen) atoms. The molecular formula is C36H46N2O2. The standard InChI is InChI=1S/C36H46N2O2/c1-27-13-11-12-16-30(27)26-38(34(39)24-21-28-19-22-31(23-20-28)36(2,3)4)33(25-29-14-7-5-8-15-29)35(40)37-32-17-9-6-10-18-32/h5,7-8,11-16,19-20,22-23,32-33H,6,9-10,17-18,21,24-26H2,1-4H3,(H,37,40)/t33-/m0/s1. The number of hydrogen-bond acceptors (Lipinski definition) is 2. The van der Waals surface area contributed by atoms with E-state index in [1.807, 2.05) is 47.4 Å². The Kier molecular flexibility index (Phi) is 10.2. The second-order valence-electron chi connectivity index (χ2n) is 12.4. The molecule has 0 spiro atoms. The number of amides is 2. The number of rotatable bonds is 10. The fourth-order valence-electron chi connectivity index (χ4n) is 5.64. The third kappa shape index (κ3) is 8.30. The van der Waals surface area contributed by atoms with Crippen LogP contribution < -0.4 is 5.32 Å². The van der Waals surface area contributed by atoms with Gasteiger partial charge in [0.15, 0.2) is 0 Å². The van der Waals surface area contributed by atoms with Gasteiger partial charge in [-0.3, -0.25) is 9.59 Å². The van der Waals surface area contributed by atoms with Crippen molar-refractivity contribution in [1.82, 2.24) is 10.2 Å². The van der Waals surface area contributed by atoms with Crippen LogP contribution in [-0.2, 0) is 34.4 Å². The first-order chi connectivity index (χ1) is 19.2. The minimum absolute atomic E-state index is 0.0166. The Morgan fingerprint density at radius 2 is 1.50 bits per heavy atom. The van der Waals surface area contributed by atoms with E-state index in [9.17, 15) is 9.59 Å². The third-order valence-corrected chi connectivity index (χ3v) is 8.27. The van der Waals surface area contributed by atoms with Gasteiger partial charge in [-0.05, 0) is 59.4 Å². The Bertz CT molecular complexity index is 1240. The largest absolute Gasteiger partial charge is 0.352 e. The highest BCUT2D eigenvalue weighted by Gasteiger charge is 2.32. The molecule has 2 amide bonds. The Morgan fingerprint density at radius 1 is 0.850 bits per heavy atom. The molecule has 1 fully saturated rings. The summed E-state index contributed by atoms with van der Waals surface area (Å²) >= 11 is 0. The normalized spacial score (nSPS) is 14.9. The average molecular weight is 539 g/mol. The van der Waals surface area contributed by atoms with E-state index in [0.717, 1.165) is 47.9 Å². The first-order valence-electron chi connectivity index (χ1n) is 15.0. The molecular weight excluding hydrogens is 492 g/mol. The molecule has 0 heterocycles. The van der Waals surface area contributed by atoms with E-state index in [1.54, 1.807) is 0 Å². The predicted molar refractivity (Wildman–Crippen MR) is 164 cm³/mol. The molecule has 1 saturated carbocycles. The highest BCUT2D eigenvalue weighted by Crippen LogP contribution is 2.24. The van der Waals surface area contributed by atoms with Gasteiger partial charge < -0.3 is 10.2 Å². The van der Waals surface area contributed by atoms with Crippen LogP contribution in [0.15, 0.2) is 78.9 Å². The monoisotopic (exact) mass is 538 g/mol. The molecule has 0 bridgehead atoms. The van der Waals surface area contributed by atoms with E-state index in [1.165, 1.54) is 12.0 Å². The van der Waals surface area contributed by atoms with Gasteiger partial charge in [-0.25, -0.2) is 0 Å². The highest BCUT2D eigenvalue weighted by molar-refractivity contribution is 5.88. The summed E-state index contributed by atoms with van der Waals surface area (Å²) in [6.45, 7) is 9.12. The van der Waals surface area contributed by atoms with Crippen LogP contribution in [0.2, 0.25) is 0 Å². The molecule has 4 nitrogen and oxygen atoms in total. The number of hydrogen-bond donors (Lipinski definition) is 1. The first kappa shape index (κ1) is 29.6. The lowest BCUT2D eigenvalue weighted by atomic mass is 9.86.